The molecule has 100 valence electrons. The van der Waals surface area contributed by atoms with Gasteiger partial charge in [-0.25, -0.2) is 9.78 Å². The molecule has 20 heavy (non-hydrogen) atoms. The number of carbonyl (C=O) groups is 1. The number of aromatic carboxylic acids is 1. The van der Waals surface area contributed by atoms with Crippen LogP contribution in [0, 0.1) is 11.3 Å². The monoisotopic (exact) mass is 287 g/mol. The molecule has 0 saturated carbocycles. The second-order valence-electron chi connectivity index (χ2n) is 3.98. The Hall–Kier alpha value is -2.58. The Kier molecular flexibility index (Phi) is 4.18. The van der Waals surface area contributed by atoms with Gasteiger partial charge >= 0.3 is 5.97 Å². The van der Waals surface area contributed by atoms with E-state index in [1.165, 1.54) is 12.3 Å². The van der Waals surface area contributed by atoms with Gasteiger partial charge in [0.1, 0.15) is 11.8 Å². The standard InChI is InChI=1S/C14H10ClN3O2/c15-11-2-1-3-12(10(11)6-16)17-7-9-4-5-13(14(19)20)18-8-9/h1-5,8,17H,7H2,(H,19,20). The van der Waals surface area contributed by atoms with Gasteiger partial charge in [0.25, 0.3) is 0 Å². The van der Waals surface area contributed by atoms with E-state index in [1.807, 2.05) is 6.07 Å². The Balaban J connectivity index is 2.11. The van der Waals surface area contributed by atoms with Crippen LogP contribution in [0.2, 0.25) is 5.02 Å². The van der Waals surface area contributed by atoms with Crippen molar-refractivity contribution in [2.24, 2.45) is 0 Å². The quantitative estimate of drug-likeness (QED) is 0.903. The number of nitriles is 1. The van der Waals surface area contributed by atoms with Crippen LogP contribution in [-0.2, 0) is 6.54 Å². The summed E-state index contributed by atoms with van der Waals surface area (Å²) in [6.45, 7) is 0.419. The Labute approximate surface area is 120 Å². The maximum absolute atomic E-state index is 10.7. The van der Waals surface area contributed by atoms with E-state index in [2.05, 4.69) is 10.3 Å². The predicted octanol–water partition coefficient (Wildman–Crippen LogP) is 2.92. The molecule has 2 rings (SSSR count). The van der Waals surface area contributed by atoms with E-state index in [9.17, 15) is 4.79 Å². The van der Waals surface area contributed by atoms with E-state index in [0.717, 1.165) is 5.56 Å². The molecule has 6 heteroatoms. The molecule has 0 spiro atoms. The first-order chi connectivity index (χ1) is 9.61. The second kappa shape index (κ2) is 6.04. The number of nitrogens with zero attached hydrogens (tertiary/aromatic N) is 2. The lowest BCUT2D eigenvalue weighted by Crippen LogP contribution is -2.04. The largest absolute Gasteiger partial charge is 0.477 e. The number of carboxylic acids is 1. The fourth-order valence-electron chi connectivity index (χ4n) is 1.64. The van der Waals surface area contributed by atoms with Gasteiger partial charge in [-0.1, -0.05) is 23.7 Å². The van der Waals surface area contributed by atoms with Gasteiger partial charge in [-0.05, 0) is 23.8 Å². The van der Waals surface area contributed by atoms with Gasteiger partial charge in [0.05, 0.1) is 16.3 Å². The van der Waals surface area contributed by atoms with Gasteiger partial charge in [-0.15, -0.1) is 0 Å². The van der Waals surface area contributed by atoms with Crippen LogP contribution in [0.25, 0.3) is 0 Å². The van der Waals surface area contributed by atoms with Gasteiger partial charge in [-0.3, -0.25) is 0 Å². The smallest absolute Gasteiger partial charge is 0.354 e. The number of benzene rings is 1. The SMILES string of the molecule is N#Cc1c(Cl)cccc1NCc1ccc(C(=O)O)nc1. The molecule has 0 aliphatic heterocycles. The number of pyridine rings is 1. The Bertz CT molecular complexity index is 678. The first-order valence-electron chi connectivity index (χ1n) is 5.72. The second-order valence-corrected chi connectivity index (χ2v) is 4.39. The molecule has 1 aromatic heterocycles. The number of nitrogens with one attached hydrogen (secondary N) is 1. The summed E-state index contributed by atoms with van der Waals surface area (Å²) in [5.74, 6) is -1.06. The summed E-state index contributed by atoms with van der Waals surface area (Å²) < 4.78 is 0. The Morgan fingerprint density at radius 3 is 2.80 bits per heavy atom. The molecule has 2 aromatic rings. The fourth-order valence-corrected chi connectivity index (χ4v) is 1.85. The molecule has 2 N–H and O–H groups in total. The number of carboxylic acid groups (broad SMARTS) is 1. The molecule has 0 atom stereocenters. The lowest BCUT2D eigenvalue weighted by Gasteiger charge is -2.09. The molecule has 0 amide bonds. The zero-order valence-corrected chi connectivity index (χ0v) is 11.1. The number of aromatic nitrogens is 1. The maximum Gasteiger partial charge on any atom is 0.354 e. The first kappa shape index (κ1) is 13.8. The molecule has 0 fully saturated rings. The van der Waals surface area contributed by atoms with Crippen molar-refractivity contribution in [1.82, 2.24) is 4.98 Å². The molecule has 0 unspecified atom stereocenters. The van der Waals surface area contributed by atoms with Crippen molar-refractivity contribution >= 4 is 23.3 Å². The summed E-state index contributed by atoms with van der Waals surface area (Å²) in [5.41, 5.74) is 1.81. The van der Waals surface area contributed by atoms with Crippen LogP contribution < -0.4 is 5.32 Å². The fraction of sp³-hybridized carbons (Fsp3) is 0.0714. The van der Waals surface area contributed by atoms with Crippen molar-refractivity contribution in [2.75, 3.05) is 5.32 Å². The molecule has 1 aromatic carbocycles. The summed E-state index contributed by atoms with van der Waals surface area (Å²) in [6, 6.07) is 10.3. The van der Waals surface area contributed by atoms with E-state index in [0.29, 0.717) is 22.8 Å². The van der Waals surface area contributed by atoms with Gasteiger partial charge in [-0.2, -0.15) is 5.26 Å². The van der Waals surface area contributed by atoms with Crippen molar-refractivity contribution < 1.29 is 9.90 Å². The van der Waals surface area contributed by atoms with Gasteiger partial charge in [0.2, 0.25) is 0 Å². The van der Waals surface area contributed by atoms with Crippen molar-refractivity contribution in [3.05, 3.63) is 58.4 Å². The highest BCUT2D eigenvalue weighted by Gasteiger charge is 2.07. The minimum Gasteiger partial charge on any atom is -0.477 e. The van der Waals surface area contributed by atoms with Gasteiger partial charge < -0.3 is 10.4 Å². The zero-order chi connectivity index (χ0) is 14.5. The highest BCUT2D eigenvalue weighted by Crippen LogP contribution is 2.23. The molecule has 0 aliphatic rings. The van der Waals surface area contributed by atoms with Crippen LogP contribution in [0.15, 0.2) is 36.5 Å². The lowest BCUT2D eigenvalue weighted by atomic mass is 10.2. The molecule has 0 bridgehead atoms. The third-order valence-corrected chi connectivity index (χ3v) is 2.97. The van der Waals surface area contributed by atoms with Crippen LogP contribution >= 0.6 is 11.6 Å². The summed E-state index contributed by atoms with van der Waals surface area (Å²) in [6.07, 6.45) is 1.48. The van der Waals surface area contributed by atoms with Crippen LogP contribution in [0.3, 0.4) is 0 Å². The molecule has 0 saturated heterocycles. The lowest BCUT2D eigenvalue weighted by molar-refractivity contribution is 0.0690. The van der Waals surface area contributed by atoms with Crippen LogP contribution in [0.1, 0.15) is 21.6 Å². The molecule has 0 radical (unpaired) electrons. The van der Waals surface area contributed by atoms with E-state index >= 15 is 0 Å². The van der Waals surface area contributed by atoms with Crippen molar-refractivity contribution in [3.8, 4) is 6.07 Å². The Morgan fingerprint density at radius 1 is 1.40 bits per heavy atom. The first-order valence-corrected chi connectivity index (χ1v) is 6.10. The third kappa shape index (κ3) is 3.05. The van der Waals surface area contributed by atoms with Crippen molar-refractivity contribution in [2.45, 2.75) is 6.54 Å². The van der Waals surface area contributed by atoms with E-state index in [-0.39, 0.29) is 5.69 Å². The zero-order valence-electron chi connectivity index (χ0n) is 10.3. The number of halogens is 1. The van der Waals surface area contributed by atoms with E-state index in [1.54, 1.807) is 24.3 Å². The normalized spacial score (nSPS) is 9.80. The van der Waals surface area contributed by atoms with Crippen molar-refractivity contribution in [1.29, 1.82) is 5.26 Å². The predicted molar refractivity (Wildman–Crippen MR) is 74.7 cm³/mol. The highest BCUT2D eigenvalue weighted by atomic mass is 35.5. The molecule has 5 nitrogen and oxygen atoms in total. The van der Waals surface area contributed by atoms with E-state index < -0.39 is 5.97 Å². The number of hydrogen-bond acceptors (Lipinski definition) is 4. The van der Waals surface area contributed by atoms with Gasteiger partial charge in [0, 0.05) is 12.7 Å². The van der Waals surface area contributed by atoms with Crippen molar-refractivity contribution in [3.63, 3.8) is 0 Å². The minimum atomic E-state index is -1.06. The maximum atomic E-state index is 10.7. The average molecular weight is 288 g/mol. The number of rotatable bonds is 4. The molecule has 1 heterocycles. The number of hydrogen-bond donors (Lipinski definition) is 2. The van der Waals surface area contributed by atoms with Crippen LogP contribution in [0.4, 0.5) is 5.69 Å². The van der Waals surface area contributed by atoms with Crippen LogP contribution in [-0.4, -0.2) is 16.1 Å². The Morgan fingerprint density at radius 2 is 2.20 bits per heavy atom. The molecular formula is C14H10ClN3O2. The average Bonchev–Trinajstić information content (AvgIpc) is 2.45. The highest BCUT2D eigenvalue weighted by molar-refractivity contribution is 6.32. The topological polar surface area (TPSA) is 86.0 Å². The summed E-state index contributed by atoms with van der Waals surface area (Å²) in [4.78, 5) is 14.5. The van der Waals surface area contributed by atoms with Gasteiger partial charge in [0.15, 0.2) is 0 Å². The molecule has 0 aliphatic carbocycles. The number of anilines is 1. The minimum absolute atomic E-state index is 0.00535. The summed E-state index contributed by atoms with van der Waals surface area (Å²) in [5, 5.41) is 21.3. The molecular weight excluding hydrogens is 278 g/mol. The van der Waals surface area contributed by atoms with E-state index in [4.69, 9.17) is 22.0 Å². The van der Waals surface area contributed by atoms with Crippen LogP contribution in [0.5, 0.6) is 0 Å². The third-order valence-electron chi connectivity index (χ3n) is 2.65. The summed E-state index contributed by atoms with van der Waals surface area (Å²) in [7, 11) is 0. The summed E-state index contributed by atoms with van der Waals surface area (Å²) >= 11 is 5.93.